The monoisotopic (exact) mass is 1040 g/mol. The SMILES string of the molecule is CC(C)[C-]=Cc1[c-]cc2cc(C(C)C)ccc2c1.[Y].[Y].[Y].[Y].[Y].[Y].[Y].[Y].[Y]. The maximum atomic E-state index is 3.31. The van der Waals surface area contributed by atoms with Gasteiger partial charge in [-0.25, -0.2) is 12.1 Å². The zero-order chi connectivity index (χ0) is 13.1. The quantitative estimate of drug-likeness (QED) is 0.371. The van der Waals surface area contributed by atoms with Gasteiger partial charge in [0.25, 0.3) is 0 Å². The van der Waals surface area contributed by atoms with Crippen LogP contribution >= 0.6 is 0 Å². The molecule has 2 rings (SSSR count). The second-order valence-electron chi connectivity index (χ2n) is 5.40. The van der Waals surface area contributed by atoms with Crippen LogP contribution in [0.1, 0.15) is 44.7 Å². The van der Waals surface area contributed by atoms with E-state index in [1.807, 2.05) is 6.08 Å². The van der Waals surface area contributed by atoms with Crippen molar-refractivity contribution in [2.75, 3.05) is 0 Å². The Morgan fingerprint density at radius 1 is 0.741 bits per heavy atom. The summed E-state index contributed by atoms with van der Waals surface area (Å²) in [4.78, 5) is 0. The van der Waals surface area contributed by atoms with E-state index in [-0.39, 0.29) is 294 Å². The molecule has 0 saturated heterocycles. The number of allylic oxidation sites excluding steroid dienone is 1. The van der Waals surface area contributed by atoms with E-state index >= 15 is 0 Å². The summed E-state index contributed by atoms with van der Waals surface area (Å²) in [5, 5.41) is 2.54. The number of fused-ring (bicyclic) bond motifs is 1. The van der Waals surface area contributed by atoms with Crippen molar-refractivity contribution in [1.29, 1.82) is 0 Å². The van der Waals surface area contributed by atoms with Crippen molar-refractivity contribution in [3.63, 3.8) is 0 Å². The smallest absolute Gasteiger partial charge is 0 e. The van der Waals surface area contributed by atoms with Gasteiger partial charge in [0, 0.05) is 294 Å². The van der Waals surface area contributed by atoms with Gasteiger partial charge in [-0.3, -0.25) is 0 Å². The Balaban J connectivity index is -0.0000000669. The van der Waals surface area contributed by atoms with Gasteiger partial charge in [-0.2, -0.15) is 6.07 Å². The van der Waals surface area contributed by atoms with Crippen LogP contribution < -0.4 is 0 Å². The second-order valence-corrected chi connectivity index (χ2v) is 5.40. The Labute approximate surface area is 393 Å². The molecule has 9 heteroatoms. The number of benzene rings is 2. The standard InChI is InChI=1S/C18H20.9Y/c1-13(2)5-6-15-7-8-18-12-16(14(3)4)9-10-17(18)11-15;;;;;;;;;/h6,8-14H,1-4H3;;;;;;;;;/q-2;;;;;;;;;. The molecule has 2 aromatic carbocycles. The molecule has 0 fully saturated rings. The fourth-order valence-corrected chi connectivity index (χ4v) is 1.92. The Kier molecular flexibility index (Phi) is 66.9. The second kappa shape index (κ2) is 32.4. The third-order valence-corrected chi connectivity index (χ3v) is 3.06. The van der Waals surface area contributed by atoms with E-state index in [9.17, 15) is 0 Å². The first kappa shape index (κ1) is 55.8. The molecule has 27 heavy (non-hydrogen) atoms. The molecule has 0 saturated carbocycles. The van der Waals surface area contributed by atoms with E-state index in [1.165, 1.54) is 16.3 Å². The average molecular weight is 1040 g/mol. The number of rotatable bonds is 3. The molecule has 9 radical (unpaired) electrons. The predicted molar refractivity (Wildman–Crippen MR) is 79.4 cm³/mol. The van der Waals surface area contributed by atoms with Crippen LogP contribution in [-0.4, -0.2) is 0 Å². The minimum Gasteiger partial charge on any atom is -0.324 e. The summed E-state index contributed by atoms with van der Waals surface area (Å²) < 4.78 is 0. The first-order valence-corrected chi connectivity index (χ1v) is 6.61. The van der Waals surface area contributed by atoms with Gasteiger partial charge in [0.15, 0.2) is 0 Å². The molecule has 0 nitrogen and oxygen atoms in total. The molecule has 0 N–H and O–H groups in total. The van der Waals surface area contributed by atoms with E-state index in [0.29, 0.717) is 11.8 Å². The topological polar surface area (TPSA) is 0 Å². The van der Waals surface area contributed by atoms with Gasteiger partial charge in [0.1, 0.15) is 0 Å². The van der Waals surface area contributed by atoms with Gasteiger partial charge in [0.05, 0.1) is 0 Å². The fraction of sp³-hybridized carbons (Fsp3) is 0.333. The Morgan fingerprint density at radius 3 is 1.70 bits per heavy atom. The minimum absolute atomic E-state index is 0. The van der Waals surface area contributed by atoms with Crippen LogP contribution in [0.4, 0.5) is 0 Å². The molecular formula is C18H20Y9-2. The Hall–Kier alpha value is 8.38. The summed E-state index contributed by atoms with van der Waals surface area (Å²) >= 11 is 0. The molecule has 0 aliphatic carbocycles. The fourth-order valence-electron chi connectivity index (χ4n) is 1.92. The summed E-state index contributed by atoms with van der Waals surface area (Å²) in [7, 11) is 0. The molecule has 0 amide bonds. The van der Waals surface area contributed by atoms with Crippen LogP contribution in [0, 0.1) is 18.1 Å². The van der Waals surface area contributed by atoms with Crippen molar-refractivity contribution in [2.24, 2.45) is 5.92 Å². The number of hydrogen-bond acceptors (Lipinski definition) is 0. The van der Waals surface area contributed by atoms with E-state index in [0.717, 1.165) is 5.56 Å². The molecule has 0 atom stereocenters. The Bertz CT molecular complexity index is 584. The van der Waals surface area contributed by atoms with Gasteiger partial charge < -0.3 is 17.7 Å². The molecule has 0 aromatic heterocycles. The van der Waals surface area contributed by atoms with E-state index in [2.05, 4.69) is 70.2 Å². The van der Waals surface area contributed by atoms with E-state index in [1.54, 1.807) is 0 Å². The molecule has 0 bridgehead atoms. The first-order chi connectivity index (χ1) is 8.56. The third kappa shape index (κ3) is 23.2. The van der Waals surface area contributed by atoms with Gasteiger partial charge in [0.2, 0.25) is 0 Å². The molecule has 0 aliphatic rings. The summed E-state index contributed by atoms with van der Waals surface area (Å²) in [6.45, 7) is 8.71. The minimum atomic E-state index is 0. The molecule has 2 aromatic rings. The molecule has 121 valence electrons. The molecule has 0 heterocycles. The van der Waals surface area contributed by atoms with Gasteiger partial charge in [-0.05, 0) is 5.92 Å². The van der Waals surface area contributed by atoms with Crippen LogP contribution in [0.3, 0.4) is 0 Å². The van der Waals surface area contributed by atoms with Crippen molar-refractivity contribution in [2.45, 2.75) is 33.6 Å². The van der Waals surface area contributed by atoms with Crippen LogP contribution in [-0.2, 0) is 294 Å². The molecule has 0 unspecified atom stereocenters. The van der Waals surface area contributed by atoms with Crippen molar-refractivity contribution >= 4 is 16.8 Å². The molecule has 0 aliphatic heterocycles. The molecule has 0 spiro atoms. The average Bonchev–Trinajstić information content (AvgIpc) is 2.35. The first-order valence-electron chi connectivity index (χ1n) is 6.61. The predicted octanol–water partition coefficient (Wildman–Crippen LogP) is 5.21. The van der Waals surface area contributed by atoms with Crippen LogP contribution in [0.25, 0.3) is 16.8 Å². The third-order valence-electron chi connectivity index (χ3n) is 3.06. The maximum Gasteiger partial charge on any atom is 0 e. The van der Waals surface area contributed by atoms with Gasteiger partial charge in [-0.1, -0.05) is 51.5 Å². The largest absolute Gasteiger partial charge is 0.324 e. The normalized spacial score (nSPS) is 8.07. The van der Waals surface area contributed by atoms with Crippen molar-refractivity contribution < 1.29 is 294 Å². The van der Waals surface area contributed by atoms with Gasteiger partial charge >= 0.3 is 0 Å². The van der Waals surface area contributed by atoms with Gasteiger partial charge in [-0.15, -0.1) is 16.7 Å². The van der Waals surface area contributed by atoms with E-state index in [4.69, 9.17) is 0 Å². The number of hydrogen-bond donors (Lipinski definition) is 0. The summed E-state index contributed by atoms with van der Waals surface area (Å²) in [6, 6.07) is 14.2. The van der Waals surface area contributed by atoms with Crippen LogP contribution in [0.15, 0.2) is 30.3 Å². The van der Waals surface area contributed by atoms with Crippen LogP contribution in [0.5, 0.6) is 0 Å². The van der Waals surface area contributed by atoms with E-state index < -0.39 is 0 Å². The zero-order valence-electron chi connectivity index (χ0n) is 16.8. The summed E-state index contributed by atoms with van der Waals surface area (Å²) in [5.74, 6) is 1.03. The van der Waals surface area contributed by atoms with Crippen molar-refractivity contribution in [3.8, 4) is 0 Å². The van der Waals surface area contributed by atoms with Crippen molar-refractivity contribution in [3.05, 3.63) is 53.6 Å². The summed E-state index contributed by atoms with van der Waals surface area (Å²) in [5.41, 5.74) is 2.49. The zero-order valence-corrected chi connectivity index (χ0v) is 42.4. The van der Waals surface area contributed by atoms with Crippen molar-refractivity contribution in [1.82, 2.24) is 0 Å². The Morgan fingerprint density at radius 2 is 1.26 bits per heavy atom. The van der Waals surface area contributed by atoms with Crippen LogP contribution in [0.2, 0.25) is 0 Å². The molecular weight excluding hydrogens is 1020 g/mol. The summed E-state index contributed by atoms with van der Waals surface area (Å²) in [6.07, 6.45) is 5.33. The maximum absolute atomic E-state index is 3.31.